The third kappa shape index (κ3) is 4.31. The molecule has 0 saturated carbocycles. The van der Waals surface area contributed by atoms with E-state index >= 15 is 0 Å². The molecule has 3 aliphatic heterocycles. The van der Waals surface area contributed by atoms with E-state index in [4.69, 9.17) is 9.97 Å². The molecule has 0 radical (unpaired) electrons. The minimum absolute atomic E-state index is 0.0160. The lowest BCUT2D eigenvalue weighted by atomic mass is 9.96. The SMILES string of the molecule is CNc1nc([C@@H]2CCCN(C)C2)nc2c1CCN(C(=O)c1cccc(N3CCCC3=O)c1)C2. The molecule has 0 aliphatic carbocycles. The summed E-state index contributed by atoms with van der Waals surface area (Å²) in [5, 5.41) is 3.26. The van der Waals surface area contributed by atoms with E-state index in [0.717, 1.165) is 73.9 Å². The Hall–Kier alpha value is -3.00. The van der Waals surface area contributed by atoms with E-state index in [1.165, 1.54) is 0 Å². The van der Waals surface area contributed by atoms with Crippen molar-refractivity contribution in [2.45, 2.75) is 44.6 Å². The molecule has 5 rings (SSSR count). The number of likely N-dealkylation sites (N-methyl/N-ethyl adjacent to an activating group) is 1. The first-order valence-electron chi connectivity index (χ1n) is 12.0. The van der Waals surface area contributed by atoms with Gasteiger partial charge >= 0.3 is 0 Å². The summed E-state index contributed by atoms with van der Waals surface area (Å²) in [5.74, 6) is 2.21. The maximum Gasteiger partial charge on any atom is 0.254 e. The number of carbonyl (C=O) groups excluding carboxylic acids is 2. The minimum Gasteiger partial charge on any atom is -0.373 e. The molecule has 0 spiro atoms. The van der Waals surface area contributed by atoms with Crippen LogP contribution < -0.4 is 10.2 Å². The first-order valence-corrected chi connectivity index (χ1v) is 12.0. The lowest BCUT2D eigenvalue weighted by molar-refractivity contribution is -0.117. The number of nitrogens with one attached hydrogen (secondary N) is 1. The second-order valence-electron chi connectivity index (χ2n) is 9.38. The van der Waals surface area contributed by atoms with Gasteiger partial charge in [0, 0.05) is 55.8 Å². The third-order valence-corrected chi connectivity index (χ3v) is 7.07. The van der Waals surface area contributed by atoms with E-state index < -0.39 is 0 Å². The maximum absolute atomic E-state index is 13.4. The second kappa shape index (κ2) is 9.09. The van der Waals surface area contributed by atoms with Gasteiger partial charge in [0.05, 0.1) is 12.2 Å². The molecule has 33 heavy (non-hydrogen) atoms. The van der Waals surface area contributed by atoms with Crippen LogP contribution in [0.4, 0.5) is 11.5 Å². The van der Waals surface area contributed by atoms with Gasteiger partial charge in [0.2, 0.25) is 5.91 Å². The van der Waals surface area contributed by atoms with Gasteiger partial charge in [-0.1, -0.05) is 6.07 Å². The molecule has 3 aliphatic rings. The number of nitrogens with zero attached hydrogens (tertiary/aromatic N) is 5. The van der Waals surface area contributed by atoms with Crippen molar-refractivity contribution < 1.29 is 9.59 Å². The Labute approximate surface area is 195 Å². The van der Waals surface area contributed by atoms with Crippen LogP contribution in [0.2, 0.25) is 0 Å². The zero-order valence-corrected chi connectivity index (χ0v) is 19.5. The Morgan fingerprint density at radius 1 is 1.12 bits per heavy atom. The van der Waals surface area contributed by atoms with E-state index in [2.05, 4.69) is 17.3 Å². The Balaban J connectivity index is 1.38. The van der Waals surface area contributed by atoms with Gasteiger partial charge in [-0.15, -0.1) is 0 Å². The Bertz CT molecular complexity index is 1070. The van der Waals surface area contributed by atoms with Gasteiger partial charge in [-0.2, -0.15) is 0 Å². The van der Waals surface area contributed by atoms with Crippen LogP contribution in [0, 0.1) is 0 Å². The normalized spacial score (nSPS) is 21.3. The molecule has 1 aromatic carbocycles. The molecule has 2 aromatic rings. The van der Waals surface area contributed by atoms with Crippen molar-refractivity contribution in [1.29, 1.82) is 0 Å². The number of aromatic nitrogens is 2. The summed E-state index contributed by atoms with van der Waals surface area (Å²) in [6.45, 7) is 3.91. The zero-order valence-electron chi connectivity index (χ0n) is 19.5. The van der Waals surface area contributed by atoms with Crippen molar-refractivity contribution in [2.24, 2.45) is 0 Å². The molecule has 2 fully saturated rings. The van der Waals surface area contributed by atoms with Crippen molar-refractivity contribution in [3.8, 4) is 0 Å². The molecule has 0 unspecified atom stereocenters. The standard InChI is InChI=1S/C25H32N6O2/c1-26-24-20-10-13-30(16-21(20)27-23(28-24)18-7-4-11-29(2)15-18)25(33)17-6-3-8-19(14-17)31-12-5-9-22(31)32/h3,6,8,14,18H,4-5,7,9-13,15-16H2,1-2H3,(H,26,27,28)/t18-/m1/s1. The van der Waals surface area contributed by atoms with E-state index in [9.17, 15) is 9.59 Å². The zero-order chi connectivity index (χ0) is 22.9. The predicted octanol–water partition coefficient (Wildman–Crippen LogP) is 2.65. The lowest BCUT2D eigenvalue weighted by Crippen LogP contribution is -2.38. The van der Waals surface area contributed by atoms with E-state index in [1.807, 2.05) is 36.2 Å². The molecule has 0 bridgehead atoms. The highest BCUT2D eigenvalue weighted by molar-refractivity contribution is 5.99. The molecule has 174 valence electrons. The van der Waals surface area contributed by atoms with E-state index in [-0.39, 0.29) is 11.8 Å². The second-order valence-corrected chi connectivity index (χ2v) is 9.38. The van der Waals surface area contributed by atoms with E-state index in [0.29, 0.717) is 31.0 Å². The van der Waals surface area contributed by atoms with Crippen molar-refractivity contribution in [3.63, 3.8) is 0 Å². The molecule has 8 nitrogen and oxygen atoms in total. The molecule has 2 saturated heterocycles. The van der Waals surface area contributed by atoms with Crippen LogP contribution >= 0.6 is 0 Å². The maximum atomic E-state index is 13.4. The fraction of sp³-hybridized carbons (Fsp3) is 0.520. The number of likely N-dealkylation sites (tertiary alicyclic amines) is 1. The summed E-state index contributed by atoms with van der Waals surface area (Å²) in [5.41, 5.74) is 3.49. The largest absolute Gasteiger partial charge is 0.373 e. The predicted molar refractivity (Wildman–Crippen MR) is 128 cm³/mol. The number of hydrogen-bond donors (Lipinski definition) is 1. The first-order chi connectivity index (χ1) is 16.0. The number of benzene rings is 1. The summed E-state index contributed by atoms with van der Waals surface area (Å²) >= 11 is 0. The summed E-state index contributed by atoms with van der Waals surface area (Å²) in [6, 6.07) is 7.46. The number of carbonyl (C=O) groups is 2. The Morgan fingerprint density at radius 3 is 2.76 bits per heavy atom. The summed E-state index contributed by atoms with van der Waals surface area (Å²) in [6.07, 6.45) is 4.42. The van der Waals surface area contributed by atoms with Crippen molar-refractivity contribution in [3.05, 3.63) is 46.9 Å². The van der Waals surface area contributed by atoms with Crippen molar-refractivity contribution in [1.82, 2.24) is 19.8 Å². The molecule has 8 heteroatoms. The number of anilines is 2. The number of amides is 2. The number of piperidine rings is 1. The molecular weight excluding hydrogens is 416 g/mol. The van der Waals surface area contributed by atoms with Crippen LogP contribution in [0.5, 0.6) is 0 Å². The number of fused-ring (bicyclic) bond motifs is 1. The molecular formula is C25H32N6O2. The van der Waals surface area contributed by atoms with Crippen molar-refractivity contribution in [2.75, 3.05) is 50.5 Å². The highest BCUT2D eigenvalue weighted by Crippen LogP contribution is 2.30. The van der Waals surface area contributed by atoms with Crippen LogP contribution in [0.3, 0.4) is 0 Å². The summed E-state index contributed by atoms with van der Waals surface area (Å²) < 4.78 is 0. The first kappa shape index (κ1) is 21.8. The monoisotopic (exact) mass is 448 g/mol. The van der Waals surface area contributed by atoms with Gasteiger partial charge in [-0.05, 0) is 57.5 Å². The topological polar surface area (TPSA) is 81.7 Å². The van der Waals surface area contributed by atoms with Gasteiger partial charge in [0.15, 0.2) is 0 Å². The molecule has 1 N–H and O–H groups in total. The van der Waals surface area contributed by atoms with Crippen LogP contribution in [-0.2, 0) is 17.8 Å². The minimum atomic E-state index is -0.0160. The molecule has 2 amide bonds. The highest BCUT2D eigenvalue weighted by Gasteiger charge is 2.29. The van der Waals surface area contributed by atoms with Crippen LogP contribution in [-0.4, -0.2) is 71.9 Å². The summed E-state index contributed by atoms with van der Waals surface area (Å²) in [4.78, 5) is 41.4. The van der Waals surface area contributed by atoms with Crippen LogP contribution in [0.15, 0.2) is 24.3 Å². The highest BCUT2D eigenvalue weighted by atomic mass is 16.2. The van der Waals surface area contributed by atoms with Gasteiger partial charge in [0.1, 0.15) is 11.6 Å². The smallest absolute Gasteiger partial charge is 0.254 e. The number of hydrogen-bond acceptors (Lipinski definition) is 6. The average Bonchev–Trinajstić information content (AvgIpc) is 3.28. The Kier molecular flexibility index (Phi) is 6.01. The van der Waals surface area contributed by atoms with E-state index in [1.54, 1.807) is 4.90 Å². The van der Waals surface area contributed by atoms with Crippen LogP contribution in [0.1, 0.15) is 59.0 Å². The van der Waals surface area contributed by atoms with Gasteiger partial charge in [-0.3, -0.25) is 9.59 Å². The molecule has 4 heterocycles. The van der Waals surface area contributed by atoms with Gasteiger partial charge in [0.25, 0.3) is 5.91 Å². The Morgan fingerprint density at radius 2 is 2.00 bits per heavy atom. The number of rotatable bonds is 4. The lowest BCUT2D eigenvalue weighted by Gasteiger charge is -2.32. The fourth-order valence-corrected chi connectivity index (χ4v) is 5.30. The average molecular weight is 449 g/mol. The van der Waals surface area contributed by atoms with Crippen molar-refractivity contribution >= 4 is 23.3 Å². The molecule has 1 aromatic heterocycles. The van der Waals surface area contributed by atoms with Crippen LogP contribution in [0.25, 0.3) is 0 Å². The van der Waals surface area contributed by atoms with Gasteiger partial charge in [-0.25, -0.2) is 9.97 Å². The fourth-order valence-electron chi connectivity index (χ4n) is 5.30. The molecule has 1 atom stereocenters. The third-order valence-electron chi connectivity index (χ3n) is 7.07. The summed E-state index contributed by atoms with van der Waals surface area (Å²) in [7, 11) is 4.05. The van der Waals surface area contributed by atoms with Gasteiger partial charge < -0.3 is 20.0 Å². The quantitative estimate of drug-likeness (QED) is 0.775.